The Hall–Kier alpha value is -2.60. The van der Waals surface area contributed by atoms with E-state index >= 15 is 0 Å². The van der Waals surface area contributed by atoms with Gasteiger partial charge >= 0.3 is 0 Å². The Morgan fingerprint density at radius 3 is 2.81 bits per heavy atom. The lowest BCUT2D eigenvalue weighted by atomic mass is 10.1. The summed E-state index contributed by atoms with van der Waals surface area (Å²) in [4.78, 5) is 20.3. The van der Waals surface area contributed by atoms with Crippen LogP contribution >= 0.6 is 0 Å². The van der Waals surface area contributed by atoms with Crippen LogP contribution in [0.3, 0.4) is 0 Å². The van der Waals surface area contributed by atoms with E-state index < -0.39 is 0 Å². The number of pyridine rings is 1. The summed E-state index contributed by atoms with van der Waals surface area (Å²) in [5.41, 5.74) is 8.19. The minimum absolute atomic E-state index is 0.370. The molecule has 144 valence electrons. The second kappa shape index (κ2) is 8.86. The van der Waals surface area contributed by atoms with Crippen LogP contribution in [-0.2, 0) is 6.54 Å². The number of amides is 1. The lowest BCUT2D eigenvalue weighted by Gasteiger charge is -2.21. The minimum atomic E-state index is -0.370. The predicted octanol–water partition coefficient (Wildman–Crippen LogP) is 2.71. The highest BCUT2D eigenvalue weighted by atomic mass is 16.1. The van der Waals surface area contributed by atoms with Crippen molar-refractivity contribution in [3.05, 3.63) is 53.7 Å². The van der Waals surface area contributed by atoms with E-state index in [1.807, 2.05) is 43.4 Å². The topological polar surface area (TPSA) is 74.5 Å². The smallest absolute Gasteiger partial charge is 0.248 e. The van der Waals surface area contributed by atoms with Crippen LogP contribution in [0.25, 0.3) is 0 Å². The molecule has 1 amide bonds. The zero-order chi connectivity index (χ0) is 19.2. The first kappa shape index (κ1) is 19.2. The molecule has 0 radical (unpaired) electrons. The SMILES string of the molecule is CN(C)c1ccc(NC2CCCN(Cc3cccc(C(N)=O)c3)CC2)cn1. The van der Waals surface area contributed by atoms with Gasteiger partial charge in [-0.3, -0.25) is 9.69 Å². The fraction of sp³-hybridized carbons (Fsp3) is 0.429. The van der Waals surface area contributed by atoms with Crippen LogP contribution in [-0.4, -0.2) is 49.0 Å². The molecule has 0 spiro atoms. The van der Waals surface area contributed by atoms with Gasteiger partial charge in [-0.2, -0.15) is 0 Å². The van der Waals surface area contributed by atoms with E-state index in [2.05, 4.69) is 27.3 Å². The molecule has 1 fully saturated rings. The first-order valence-corrected chi connectivity index (χ1v) is 9.52. The molecule has 0 saturated carbocycles. The number of carbonyl (C=O) groups excluding carboxylic acids is 1. The molecule has 1 aromatic heterocycles. The third kappa shape index (κ3) is 5.44. The van der Waals surface area contributed by atoms with Crippen LogP contribution in [0.1, 0.15) is 35.2 Å². The van der Waals surface area contributed by atoms with Gasteiger partial charge in [0.05, 0.1) is 11.9 Å². The van der Waals surface area contributed by atoms with Gasteiger partial charge in [0.1, 0.15) is 5.82 Å². The number of hydrogen-bond donors (Lipinski definition) is 2. The van der Waals surface area contributed by atoms with Crippen molar-refractivity contribution in [2.45, 2.75) is 31.8 Å². The average Bonchev–Trinajstić information content (AvgIpc) is 2.87. The summed E-state index contributed by atoms with van der Waals surface area (Å²) in [7, 11) is 3.99. The quantitative estimate of drug-likeness (QED) is 0.821. The van der Waals surface area contributed by atoms with E-state index in [1.54, 1.807) is 6.07 Å². The number of nitrogens with two attached hydrogens (primary N) is 1. The summed E-state index contributed by atoms with van der Waals surface area (Å²) in [5.74, 6) is 0.594. The molecule has 27 heavy (non-hydrogen) atoms. The number of carbonyl (C=O) groups is 1. The van der Waals surface area contributed by atoms with Crippen molar-refractivity contribution in [2.75, 3.05) is 37.4 Å². The van der Waals surface area contributed by atoms with Crippen LogP contribution in [0.2, 0.25) is 0 Å². The van der Waals surface area contributed by atoms with Crippen molar-refractivity contribution in [1.29, 1.82) is 0 Å². The number of aromatic nitrogens is 1. The molecular weight excluding hydrogens is 338 g/mol. The number of nitrogens with one attached hydrogen (secondary N) is 1. The summed E-state index contributed by atoms with van der Waals surface area (Å²) in [6, 6.07) is 12.2. The van der Waals surface area contributed by atoms with Gasteiger partial charge in [0.25, 0.3) is 0 Å². The molecule has 0 aliphatic carbocycles. The van der Waals surface area contributed by atoms with Gasteiger partial charge in [0.15, 0.2) is 0 Å². The average molecular weight is 367 g/mol. The van der Waals surface area contributed by atoms with Crippen molar-refractivity contribution < 1.29 is 4.79 Å². The van der Waals surface area contributed by atoms with Gasteiger partial charge in [-0.05, 0) is 55.6 Å². The van der Waals surface area contributed by atoms with Crippen molar-refractivity contribution in [2.24, 2.45) is 5.73 Å². The zero-order valence-electron chi connectivity index (χ0n) is 16.2. The van der Waals surface area contributed by atoms with Crippen LogP contribution in [0.15, 0.2) is 42.6 Å². The molecule has 6 heteroatoms. The second-order valence-electron chi connectivity index (χ2n) is 7.41. The number of anilines is 2. The summed E-state index contributed by atoms with van der Waals surface area (Å²) in [5, 5.41) is 3.63. The highest BCUT2D eigenvalue weighted by molar-refractivity contribution is 5.92. The highest BCUT2D eigenvalue weighted by Crippen LogP contribution is 2.19. The molecular formula is C21H29N5O. The van der Waals surface area contributed by atoms with Crippen LogP contribution in [0, 0.1) is 0 Å². The lowest BCUT2D eigenvalue weighted by molar-refractivity contribution is 0.1000. The summed E-state index contributed by atoms with van der Waals surface area (Å²) in [6.07, 6.45) is 5.29. The van der Waals surface area contributed by atoms with Crippen LogP contribution in [0.4, 0.5) is 11.5 Å². The number of likely N-dealkylation sites (tertiary alicyclic amines) is 1. The van der Waals surface area contributed by atoms with Crippen molar-refractivity contribution in [1.82, 2.24) is 9.88 Å². The number of benzene rings is 1. The maximum Gasteiger partial charge on any atom is 0.248 e. The Kier molecular flexibility index (Phi) is 6.29. The van der Waals surface area contributed by atoms with Crippen molar-refractivity contribution >= 4 is 17.4 Å². The zero-order valence-corrected chi connectivity index (χ0v) is 16.2. The van der Waals surface area contributed by atoms with Gasteiger partial charge < -0.3 is 16.0 Å². The number of nitrogens with zero attached hydrogens (tertiary/aromatic N) is 3. The van der Waals surface area contributed by atoms with Gasteiger partial charge in [0, 0.05) is 38.8 Å². The van der Waals surface area contributed by atoms with Gasteiger partial charge in [-0.25, -0.2) is 4.98 Å². The Bertz CT molecular complexity index is 759. The molecule has 6 nitrogen and oxygen atoms in total. The molecule has 1 unspecified atom stereocenters. The largest absolute Gasteiger partial charge is 0.381 e. The summed E-state index contributed by atoms with van der Waals surface area (Å²) in [6.45, 7) is 2.95. The Morgan fingerprint density at radius 1 is 1.26 bits per heavy atom. The molecule has 1 aromatic carbocycles. The number of rotatable bonds is 6. The second-order valence-corrected chi connectivity index (χ2v) is 7.41. The molecule has 3 rings (SSSR count). The van der Waals surface area contributed by atoms with E-state index in [0.29, 0.717) is 11.6 Å². The van der Waals surface area contributed by atoms with Crippen molar-refractivity contribution in [3.63, 3.8) is 0 Å². The minimum Gasteiger partial charge on any atom is -0.381 e. The fourth-order valence-electron chi connectivity index (χ4n) is 3.51. The van der Waals surface area contributed by atoms with E-state index in [1.165, 1.54) is 0 Å². The van der Waals surface area contributed by atoms with Crippen molar-refractivity contribution in [3.8, 4) is 0 Å². The normalized spacial score (nSPS) is 17.9. The first-order valence-electron chi connectivity index (χ1n) is 9.52. The maximum atomic E-state index is 11.4. The molecule has 0 bridgehead atoms. The molecule has 2 aromatic rings. The van der Waals surface area contributed by atoms with E-state index in [-0.39, 0.29) is 5.91 Å². The predicted molar refractivity (Wildman–Crippen MR) is 110 cm³/mol. The fourth-order valence-corrected chi connectivity index (χ4v) is 3.51. The van der Waals surface area contributed by atoms with E-state index in [4.69, 9.17) is 5.73 Å². The summed E-state index contributed by atoms with van der Waals surface area (Å²) >= 11 is 0. The molecule has 1 atom stereocenters. The molecule has 1 saturated heterocycles. The Morgan fingerprint density at radius 2 is 2.11 bits per heavy atom. The van der Waals surface area contributed by atoms with Gasteiger partial charge in [0.2, 0.25) is 5.91 Å². The highest BCUT2D eigenvalue weighted by Gasteiger charge is 2.17. The van der Waals surface area contributed by atoms with Gasteiger partial charge in [-0.1, -0.05) is 12.1 Å². The molecule has 2 heterocycles. The molecule has 1 aliphatic rings. The number of hydrogen-bond acceptors (Lipinski definition) is 5. The summed E-state index contributed by atoms with van der Waals surface area (Å²) < 4.78 is 0. The van der Waals surface area contributed by atoms with E-state index in [0.717, 1.165) is 56.0 Å². The third-order valence-corrected chi connectivity index (χ3v) is 5.02. The van der Waals surface area contributed by atoms with Gasteiger partial charge in [-0.15, -0.1) is 0 Å². The molecule has 3 N–H and O–H groups in total. The third-order valence-electron chi connectivity index (χ3n) is 5.02. The van der Waals surface area contributed by atoms with Crippen LogP contribution in [0.5, 0.6) is 0 Å². The first-order chi connectivity index (χ1) is 13.0. The lowest BCUT2D eigenvalue weighted by Crippen LogP contribution is -2.26. The van der Waals surface area contributed by atoms with E-state index in [9.17, 15) is 4.79 Å². The monoisotopic (exact) mass is 367 g/mol. The molecule has 1 aliphatic heterocycles. The Labute approximate surface area is 161 Å². The maximum absolute atomic E-state index is 11.4. The standard InChI is InChI=1S/C21H29N5O/c1-25(2)20-9-8-19(14-23-20)24-18-7-4-11-26(12-10-18)15-16-5-3-6-17(13-16)21(22)27/h3,5-6,8-9,13-14,18,24H,4,7,10-12,15H2,1-2H3,(H2,22,27). The number of primary amides is 1. The van der Waals surface area contributed by atoms with Crippen LogP contribution < -0.4 is 16.0 Å². The Balaban J connectivity index is 1.54.